The second-order valence-corrected chi connectivity index (χ2v) is 6.40. The molecule has 0 fully saturated rings. The summed E-state index contributed by atoms with van der Waals surface area (Å²) in [5, 5.41) is 9.41. The zero-order chi connectivity index (χ0) is 18.8. The fourth-order valence-corrected chi connectivity index (χ4v) is 3.01. The summed E-state index contributed by atoms with van der Waals surface area (Å²) in [6.45, 7) is 2.37. The van der Waals surface area contributed by atoms with E-state index in [0.29, 0.717) is 23.5 Å². The Balaban J connectivity index is 1.58. The Bertz CT molecular complexity index is 1100. The first-order valence-electron chi connectivity index (χ1n) is 8.61. The highest BCUT2D eigenvalue weighted by Gasteiger charge is 2.14. The first kappa shape index (κ1) is 16.8. The number of carbonyl (C=O) groups is 1. The number of nitrogens with one attached hydrogen (secondary N) is 1. The van der Waals surface area contributed by atoms with Crippen LogP contribution in [0.2, 0.25) is 0 Å². The van der Waals surface area contributed by atoms with Crippen LogP contribution in [0, 0.1) is 6.92 Å². The van der Waals surface area contributed by atoms with Gasteiger partial charge in [0.2, 0.25) is 0 Å². The number of fused-ring (bicyclic) bond motifs is 1. The molecule has 5 nitrogen and oxygen atoms in total. The minimum atomic E-state index is -0.980. The Labute approximate surface area is 156 Å². The molecule has 2 N–H and O–H groups in total. The highest BCUT2D eigenvalue weighted by molar-refractivity contribution is 6.02. The monoisotopic (exact) mass is 358 g/mol. The third kappa shape index (κ3) is 3.53. The highest BCUT2D eigenvalue weighted by atomic mass is 16.5. The van der Waals surface area contributed by atoms with E-state index < -0.39 is 5.97 Å². The third-order valence-electron chi connectivity index (χ3n) is 4.34. The number of rotatable bonds is 5. The Hall–Kier alpha value is -3.60. The van der Waals surface area contributed by atoms with Crippen molar-refractivity contribution in [2.24, 2.45) is 0 Å². The number of imidazole rings is 1. The van der Waals surface area contributed by atoms with E-state index in [2.05, 4.69) is 9.97 Å². The van der Waals surface area contributed by atoms with E-state index in [4.69, 9.17) is 4.74 Å². The molecule has 134 valence electrons. The molecule has 0 unspecified atom stereocenters. The number of ether oxygens (including phenoxy) is 1. The molecule has 1 heterocycles. The van der Waals surface area contributed by atoms with Crippen LogP contribution in [0.3, 0.4) is 0 Å². The average Bonchev–Trinajstić information content (AvgIpc) is 3.10. The zero-order valence-electron chi connectivity index (χ0n) is 14.8. The van der Waals surface area contributed by atoms with Gasteiger partial charge in [0, 0.05) is 5.56 Å². The van der Waals surface area contributed by atoms with Gasteiger partial charge in [-0.15, -0.1) is 0 Å². The molecule has 0 bridgehead atoms. The molecule has 0 aliphatic rings. The van der Waals surface area contributed by atoms with Crippen molar-refractivity contribution < 1.29 is 14.6 Å². The van der Waals surface area contributed by atoms with E-state index in [0.717, 1.165) is 22.4 Å². The predicted octanol–water partition coefficient (Wildman–Crippen LogP) is 4.82. The maximum atomic E-state index is 11.5. The Morgan fingerprint density at radius 3 is 2.52 bits per heavy atom. The van der Waals surface area contributed by atoms with Gasteiger partial charge in [-0.05, 0) is 54.4 Å². The molecule has 0 saturated carbocycles. The van der Waals surface area contributed by atoms with Gasteiger partial charge in [0.1, 0.15) is 23.7 Å². The van der Waals surface area contributed by atoms with E-state index in [1.54, 1.807) is 6.07 Å². The number of aromatic nitrogens is 2. The van der Waals surface area contributed by atoms with Crippen LogP contribution in [0.4, 0.5) is 0 Å². The number of carboxylic acids is 1. The van der Waals surface area contributed by atoms with Crippen LogP contribution in [0.1, 0.15) is 21.5 Å². The lowest BCUT2D eigenvalue weighted by Gasteiger charge is -2.06. The van der Waals surface area contributed by atoms with Crippen molar-refractivity contribution in [3.8, 4) is 17.1 Å². The molecule has 3 aromatic carbocycles. The maximum Gasteiger partial charge on any atom is 0.337 e. The maximum absolute atomic E-state index is 11.5. The largest absolute Gasteiger partial charge is 0.489 e. The average molecular weight is 358 g/mol. The van der Waals surface area contributed by atoms with Crippen LogP contribution in [-0.2, 0) is 6.61 Å². The van der Waals surface area contributed by atoms with Crippen molar-refractivity contribution in [2.45, 2.75) is 13.5 Å². The van der Waals surface area contributed by atoms with Gasteiger partial charge in [0.25, 0.3) is 0 Å². The van der Waals surface area contributed by atoms with Gasteiger partial charge in [-0.1, -0.05) is 30.3 Å². The highest BCUT2D eigenvalue weighted by Crippen LogP contribution is 2.26. The zero-order valence-corrected chi connectivity index (χ0v) is 14.8. The lowest BCUT2D eigenvalue weighted by Crippen LogP contribution is -1.98. The van der Waals surface area contributed by atoms with Crippen molar-refractivity contribution >= 4 is 17.0 Å². The molecule has 0 spiro atoms. The molecule has 0 aliphatic heterocycles. The topological polar surface area (TPSA) is 75.2 Å². The number of H-pyrrole nitrogens is 1. The van der Waals surface area contributed by atoms with Crippen molar-refractivity contribution in [3.05, 3.63) is 83.4 Å². The van der Waals surface area contributed by atoms with Crippen molar-refractivity contribution in [2.75, 3.05) is 0 Å². The third-order valence-corrected chi connectivity index (χ3v) is 4.34. The summed E-state index contributed by atoms with van der Waals surface area (Å²) in [6, 6.07) is 21.1. The van der Waals surface area contributed by atoms with E-state index in [1.165, 1.54) is 0 Å². The number of aromatic carboxylic acids is 1. The lowest BCUT2D eigenvalue weighted by molar-refractivity contribution is 0.0698. The molecule has 0 atom stereocenters. The molecule has 4 aromatic rings. The van der Waals surface area contributed by atoms with Gasteiger partial charge in [-0.3, -0.25) is 0 Å². The molecule has 0 aliphatic carbocycles. The van der Waals surface area contributed by atoms with Gasteiger partial charge >= 0.3 is 5.97 Å². The summed E-state index contributed by atoms with van der Waals surface area (Å²) >= 11 is 0. The molecule has 1 aromatic heterocycles. The second-order valence-electron chi connectivity index (χ2n) is 6.40. The standard InChI is InChI=1S/C22H18N2O3/c1-14-11-18(22(25)26)20-19(12-14)23-21(24-20)16-7-9-17(10-8-16)27-13-15-5-3-2-4-6-15/h2-12H,13H2,1H3,(H,23,24)(H,25,26). The Morgan fingerprint density at radius 2 is 1.81 bits per heavy atom. The predicted molar refractivity (Wildman–Crippen MR) is 104 cm³/mol. The van der Waals surface area contributed by atoms with Crippen molar-refractivity contribution in [3.63, 3.8) is 0 Å². The molecule has 0 radical (unpaired) electrons. The fourth-order valence-electron chi connectivity index (χ4n) is 3.01. The number of carboxylic acid groups (broad SMARTS) is 1. The van der Waals surface area contributed by atoms with Crippen LogP contribution in [0.5, 0.6) is 5.75 Å². The number of aromatic amines is 1. The van der Waals surface area contributed by atoms with E-state index in [9.17, 15) is 9.90 Å². The summed E-state index contributed by atoms with van der Waals surface area (Å²) in [7, 11) is 0. The number of aryl methyl sites for hydroxylation is 1. The normalized spacial score (nSPS) is 10.9. The minimum absolute atomic E-state index is 0.204. The van der Waals surface area contributed by atoms with Crippen LogP contribution in [-0.4, -0.2) is 21.0 Å². The second kappa shape index (κ2) is 6.96. The molecule has 27 heavy (non-hydrogen) atoms. The van der Waals surface area contributed by atoms with Crippen molar-refractivity contribution in [1.29, 1.82) is 0 Å². The van der Waals surface area contributed by atoms with Crippen LogP contribution in [0.15, 0.2) is 66.7 Å². The van der Waals surface area contributed by atoms with Gasteiger partial charge in [-0.2, -0.15) is 0 Å². The Kier molecular flexibility index (Phi) is 4.34. The molecule has 4 rings (SSSR count). The van der Waals surface area contributed by atoms with Crippen LogP contribution < -0.4 is 4.74 Å². The first-order chi connectivity index (χ1) is 13.1. The number of hydrogen-bond donors (Lipinski definition) is 2. The van der Waals surface area contributed by atoms with E-state index in [-0.39, 0.29) is 5.56 Å². The molecule has 0 saturated heterocycles. The molecule has 0 amide bonds. The van der Waals surface area contributed by atoms with Crippen molar-refractivity contribution in [1.82, 2.24) is 9.97 Å². The van der Waals surface area contributed by atoms with Gasteiger partial charge in [0.15, 0.2) is 0 Å². The SMILES string of the molecule is Cc1cc(C(=O)O)c2nc(-c3ccc(OCc4ccccc4)cc3)[nH]c2c1. The number of benzene rings is 3. The van der Waals surface area contributed by atoms with E-state index >= 15 is 0 Å². The Morgan fingerprint density at radius 1 is 1.07 bits per heavy atom. The summed E-state index contributed by atoms with van der Waals surface area (Å²) in [5.41, 5.74) is 4.23. The summed E-state index contributed by atoms with van der Waals surface area (Å²) in [5.74, 6) is 0.417. The summed E-state index contributed by atoms with van der Waals surface area (Å²) in [4.78, 5) is 19.2. The quantitative estimate of drug-likeness (QED) is 0.536. The number of nitrogens with zero attached hydrogens (tertiary/aromatic N) is 1. The smallest absolute Gasteiger partial charge is 0.337 e. The van der Waals surface area contributed by atoms with Crippen LogP contribution in [0.25, 0.3) is 22.4 Å². The van der Waals surface area contributed by atoms with Crippen LogP contribution >= 0.6 is 0 Å². The molecule has 5 heteroatoms. The van der Waals surface area contributed by atoms with Gasteiger partial charge in [-0.25, -0.2) is 9.78 Å². The lowest BCUT2D eigenvalue weighted by atomic mass is 10.1. The van der Waals surface area contributed by atoms with Gasteiger partial charge < -0.3 is 14.8 Å². The summed E-state index contributed by atoms with van der Waals surface area (Å²) in [6.07, 6.45) is 0. The van der Waals surface area contributed by atoms with Gasteiger partial charge in [0.05, 0.1) is 11.1 Å². The fraction of sp³-hybridized carbons (Fsp3) is 0.0909. The van der Waals surface area contributed by atoms with E-state index in [1.807, 2.05) is 67.6 Å². The summed E-state index contributed by atoms with van der Waals surface area (Å²) < 4.78 is 5.80. The minimum Gasteiger partial charge on any atom is -0.489 e. The number of hydrogen-bond acceptors (Lipinski definition) is 3. The first-order valence-corrected chi connectivity index (χ1v) is 8.61. The molecular formula is C22H18N2O3. The molecular weight excluding hydrogens is 340 g/mol.